The topological polar surface area (TPSA) is 59.1 Å². The second-order valence-electron chi connectivity index (χ2n) is 8.65. The molecule has 0 fully saturated rings. The SMILES string of the molecule is COCCCN(CC(=O)N1CCc2sccc2[C@H]1COc1ccccc1F)C(=O)CC(C)C. The summed E-state index contributed by atoms with van der Waals surface area (Å²) < 4.78 is 25.0. The van der Waals surface area contributed by atoms with Crippen molar-refractivity contribution >= 4 is 23.2 Å². The first-order valence-electron chi connectivity index (χ1n) is 11.4. The third-order valence-electron chi connectivity index (χ3n) is 5.69. The quantitative estimate of drug-likeness (QED) is 0.454. The van der Waals surface area contributed by atoms with E-state index in [2.05, 4.69) is 0 Å². The van der Waals surface area contributed by atoms with E-state index in [9.17, 15) is 14.0 Å². The Hall–Kier alpha value is -2.45. The molecule has 6 nitrogen and oxygen atoms in total. The van der Waals surface area contributed by atoms with Gasteiger partial charge in [0.25, 0.3) is 0 Å². The molecule has 3 rings (SSSR count). The molecule has 0 bridgehead atoms. The standard InChI is InChI=1S/C25H33FN2O4S/c1-18(2)15-24(29)27(11-6-13-31-3)16-25(30)28-12-9-23-19(10-14-33-23)21(28)17-32-22-8-5-4-7-20(22)26/h4-5,7-8,10,14,18,21H,6,9,11-13,15-17H2,1-3H3/t21-/m1/s1. The van der Waals surface area contributed by atoms with Crippen LogP contribution in [0.1, 0.15) is 43.2 Å². The van der Waals surface area contributed by atoms with Crippen molar-refractivity contribution in [2.45, 2.75) is 39.2 Å². The third kappa shape index (κ3) is 6.77. The number of fused-ring (bicyclic) bond motifs is 1. The maximum atomic E-state index is 14.1. The van der Waals surface area contributed by atoms with Crippen molar-refractivity contribution in [3.8, 4) is 5.75 Å². The smallest absolute Gasteiger partial charge is 0.242 e. The summed E-state index contributed by atoms with van der Waals surface area (Å²) >= 11 is 1.66. The second-order valence-corrected chi connectivity index (χ2v) is 9.65. The number of carbonyl (C=O) groups is 2. The molecular formula is C25H33FN2O4S. The molecule has 0 unspecified atom stereocenters. The van der Waals surface area contributed by atoms with Gasteiger partial charge in [-0.15, -0.1) is 11.3 Å². The van der Waals surface area contributed by atoms with E-state index in [1.54, 1.807) is 46.4 Å². The predicted octanol–water partition coefficient (Wildman–Crippen LogP) is 4.30. The highest BCUT2D eigenvalue weighted by Crippen LogP contribution is 2.34. The van der Waals surface area contributed by atoms with Crippen LogP contribution in [0.5, 0.6) is 5.75 Å². The van der Waals surface area contributed by atoms with Gasteiger partial charge < -0.3 is 19.3 Å². The van der Waals surface area contributed by atoms with Crippen molar-refractivity contribution < 1.29 is 23.5 Å². The van der Waals surface area contributed by atoms with Gasteiger partial charge in [-0.3, -0.25) is 9.59 Å². The average molecular weight is 477 g/mol. The van der Waals surface area contributed by atoms with E-state index in [1.807, 2.05) is 25.3 Å². The maximum Gasteiger partial charge on any atom is 0.242 e. The van der Waals surface area contributed by atoms with Crippen LogP contribution < -0.4 is 4.74 Å². The number of hydrogen-bond donors (Lipinski definition) is 0. The summed E-state index contributed by atoms with van der Waals surface area (Å²) in [7, 11) is 1.62. The largest absolute Gasteiger partial charge is 0.488 e. The van der Waals surface area contributed by atoms with E-state index in [4.69, 9.17) is 9.47 Å². The van der Waals surface area contributed by atoms with Crippen molar-refractivity contribution in [2.24, 2.45) is 5.92 Å². The summed E-state index contributed by atoms with van der Waals surface area (Å²) in [6.07, 6.45) is 1.83. The van der Waals surface area contributed by atoms with Crippen LogP contribution >= 0.6 is 11.3 Å². The molecule has 2 amide bonds. The molecule has 8 heteroatoms. The van der Waals surface area contributed by atoms with Crippen LogP contribution in [0.3, 0.4) is 0 Å². The van der Waals surface area contributed by atoms with E-state index < -0.39 is 5.82 Å². The van der Waals surface area contributed by atoms with Gasteiger partial charge in [-0.25, -0.2) is 4.39 Å². The van der Waals surface area contributed by atoms with Crippen LogP contribution in [0.4, 0.5) is 4.39 Å². The lowest BCUT2D eigenvalue weighted by atomic mass is 10.00. The lowest BCUT2D eigenvalue weighted by molar-refractivity contribution is -0.143. The summed E-state index contributed by atoms with van der Waals surface area (Å²) in [5.74, 6) is -0.200. The van der Waals surface area contributed by atoms with Gasteiger partial charge in [0.1, 0.15) is 6.61 Å². The number of halogens is 1. The molecule has 0 spiro atoms. The van der Waals surface area contributed by atoms with Gasteiger partial charge >= 0.3 is 0 Å². The summed E-state index contributed by atoms with van der Waals surface area (Å²) in [5.41, 5.74) is 1.04. The van der Waals surface area contributed by atoms with Crippen molar-refractivity contribution in [1.82, 2.24) is 9.80 Å². The zero-order chi connectivity index (χ0) is 23.8. The van der Waals surface area contributed by atoms with Crippen LogP contribution in [0, 0.1) is 11.7 Å². The first-order valence-corrected chi connectivity index (χ1v) is 12.3. The van der Waals surface area contributed by atoms with E-state index in [0.717, 1.165) is 12.0 Å². The maximum absolute atomic E-state index is 14.1. The number of nitrogens with zero attached hydrogens (tertiary/aromatic N) is 2. The molecule has 2 heterocycles. The third-order valence-corrected chi connectivity index (χ3v) is 6.68. The fraction of sp³-hybridized carbons (Fsp3) is 0.520. The van der Waals surface area contributed by atoms with Crippen molar-refractivity contribution in [3.63, 3.8) is 0 Å². The summed E-state index contributed by atoms with van der Waals surface area (Å²) in [4.78, 5) is 30.9. The normalized spacial score (nSPS) is 15.4. The Labute approximate surface area is 199 Å². The van der Waals surface area contributed by atoms with Crippen molar-refractivity contribution in [3.05, 3.63) is 52.0 Å². The minimum atomic E-state index is -0.430. The molecule has 1 aliphatic heterocycles. The highest BCUT2D eigenvalue weighted by Gasteiger charge is 2.33. The molecule has 33 heavy (non-hydrogen) atoms. The van der Waals surface area contributed by atoms with E-state index in [0.29, 0.717) is 32.5 Å². The van der Waals surface area contributed by atoms with Gasteiger partial charge in [0, 0.05) is 38.1 Å². The number of thiophene rings is 1. The Balaban J connectivity index is 1.75. The Bertz CT molecular complexity index is 933. The number of amides is 2. The van der Waals surface area contributed by atoms with Crippen LogP contribution in [0.15, 0.2) is 35.7 Å². The monoisotopic (exact) mass is 476 g/mol. The molecule has 180 valence electrons. The van der Waals surface area contributed by atoms with Crippen LogP contribution in [-0.4, -0.2) is 61.6 Å². The van der Waals surface area contributed by atoms with Crippen LogP contribution in [0.2, 0.25) is 0 Å². The van der Waals surface area contributed by atoms with Gasteiger partial charge in [-0.2, -0.15) is 0 Å². The molecule has 1 aliphatic rings. The van der Waals surface area contributed by atoms with Crippen molar-refractivity contribution in [1.29, 1.82) is 0 Å². The molecule has 0 aliphatic carbocycles. The summed E-state index contributed by atoms with van der Waals surface area (Å²) in [5, 5.41) is 2.01. The summed E-state index contributed by atoms with van der Waals surface area (Å²) in [6.45, 7) is 5.70. The zero-order valence-corrected chi connectivity index (χ0v) is 20.4. The fourth-order valence-electron chi connectivity index (χ4n) is 4.03. The first kappa shape index (κ1) is 25.2. The second kappa shape index (κ2) is 12.1. The number of methoxy groups -OCH3 is 1. The lowest BCUT2D eigenvalue weighted by Gasteiger charge is -2.37. The molecule has 0 radical (unpaired) electrons. The van der Waals surface area contributed by atoms with E-state index in [-0.39, 0.29) is 42.7 Å². The lowest BCUT2D eigenvalue weighted by Crippen LogP contribution is -2.48. The predicted molar refractivity (Wildman–Crippen MR) is 127 cm³/mol. The molecule has 1 atom stereocenters. The zero-order valence-electron chi connectivity index (χ0n) is 19.6. The van der Waals surface area contributed by atoms with Gasteiger partial charge in [-0.1, -0.05) is 26.0 Å². The minimum Gasteiger partial charge on any atom is -0.488 e. The fourth-order valence-corrected chi connectivity index (χ4v) is 4.96. The number of para-hydroxylation sites is 1. The number of carbonyl (C=O) groups excluding carboxylic acids is 2. The van der Waals surface area contributed by atoms with Gasteiger partial charge in [0.2, 0.25) is 11.8 Å². The van der Waals surface area contributed by atoms with E-state index in [1.165, 1.54) is 10.9 Å². The molecule has 1 aromatic heterocycles. The summed E-state index contributed by atoms with van der Waals surface area (Å²) in [6, 6.07) is 7.95. The molecular weight excluding hydrogens is 443 g/mol. The Morgan fingerprint density at radius 3 is 2.79 bits per heavy atom. The number of benzene rings is 1. The van der Waals surface area contributed by atoms with Crippen LogP contribution in [0.25, 0.3) is 0 Å². The minimum absolute atomic E-state index is 0.0188. The Morgan fingerprint density at radius 1 is 1.27 bits per heavy atom. The Kier molecular flexibility index (Phi) is 9.26. The van der Waals surface area contributed by atoms with Gasteiger partial charge in [0.05, 0.1) is 12.6 Å². The Morgan fingerprint density at radius 2 is 2.06 bits per heavy atom. The molecule has 0 saturated heterocycles. The highest BCUT2D eigenvalue weighted by atomic mass is 32.1. The molecule has 2 aromatic rings. The van der Waals surface area contributed by atoms with Gasteiger partial charge in [0.15, 0.2) is 11.6 Å². The van der Waals surface area contributed by atoms with Crippen molar-refractivity contribution in [2.75, 3.05) is 40.0 Å². The average Bonchev–Trinajstić information content (AvgIpc) is 3.26. The van der Waals surface area contributed by atoms with Crippen LogP contribution in [-0.2, 0) is 20.7 Å². The van der Waals surface area contributed by atoms with Gasteiger partial charge in [-0.05, 0) is 47.9 Å². The molecule has 1 aromatic carbocycles. The number of ether oxygens (including phenoxy) is 2. The molecule has 0 N–H and O–H groups in total. The molecule has 0 saturated carbocycles. The highest BCUT2D eigenvalue weighted by molar-refractivity contribution is 7.10. The van der Waals surface area contributed by atoms with E-state index >= 15 is 0 Å². The number of rotatable bonds is 11. The number of hydrogen-bond acceptors (Lipinski definition) is 5. The first-order chi connectivity index (χ1) is 15.9.